The molecule has 9 nitrogen and oxygen atoms in total. The molecule has 28 heavy (non-hydrogen) atoms. The van der Waals surface area contributed by atoms with Crippen LogP contribution in [0.25, 0.3) is 0 Å². The molecule has 0 aliphatic carbocycles. The number of aliphatic imine (C=N–C) groups is 1. The lowest BCUT2D eigenvalue weighted by atomic mass is 10.2. The molecule has 0 saturated heterocycles. The molecule has 10 heteroatoms. The summed E-state index contributed by atoms with van der Waals surface area (Å²) in [5, 5.41) is 24.4. The van der Waals surface area contributed by atoms with E-state index in [1.807, 2.05) is 6.26 Å². The minimum absolute atomic E-state index is 0.570. The first-order valence-corrected chi connectivity index (χ1v) is 11.1. The van der Waals surface area contributed by atoms with Crippen molar-refractivity contribution in [3.05, 3.63) is 18.0 Å². The van der Waals surface area contributed by atoms with Crippen molar-refractivity contribution < 1.29 is 0 Å². The molecule has 0 aliphatic rings. The third-order valence-electron chi connectivity index (χ3n) is 4.27. The van der Waals surface area contributed by atoms with Crippen molar-refractivity contribution in [2.24, 2.45) is 10.9 Å². The van der Waals surface area contributed by atoms with Crippen LogP contribution in [-0.2, 0) is 25.9 Å². The van der Waals surface area contributed by atoms with E-state index in [2.05, 4.69) is 65.9 Å². The highest BCUT2D eigenvalue weighted by molar-refractivity contribution is 7.98. The van der Waals surface area contributed by atoms with Crippen molar-refractivity contribution in [3.63, 3.8) is 0 Å². The van der Waals surface area contributed by atoms with Crippen molar-refractivity contribution in [1.82, 2.24) is 40.2 Å². The summed E-state index contributed by atoms with van der Waals surface area (Å²) in [7, 11) is 1.79. The maximum absolute atomic E-state index is 4.38. The fourth-order valence-electron chi connectivity index (χ4n) is 2.91. The molecule has 0 amide bonds. The number of nitrogens with one attached hydrogen (secondary N) is 2. The van der Waals surface area contributed by atoms with Gasteiger partial charge in [-0.2, -0.15) is 0 Å². The Bertz CT molecular complexity index is 735. The van der Waals surface area contributed by atoms with Gasteiger partial charge in [-0.15, -0.1) is 20.4 Å². The number of hydrogen-bond acceptors (Lipinski definition) is 6. The molecule has 0 atom stereocenters. The Morgan fingerprint density at radius 2 is 1.96 bits per heavy atom. The highest BCUT2D eigenvalue weighted by Gasteiger charge is 2.12. The third kappa shape index (κ3) is 6.50. The summed E-state index contributed by atoms with van der Waals surface area (Å²) in [6.45, 7) is 9.88. The average Bonchev–Trinajstić information content (AvgIpc) is 3.29. The number of nitrogens with zero attached hydrogens (tertiary/aromatic N) is 7. The normalized spacial score (nSPS) is 12.0. The monoisotopic (exact) mass is 407 g/mol. The second-order valence-electron chi connectivity index (χ2n) is 6.93. The van der Waals surface area contributed by atoms with Gasteiger partial charge >= 0.3 is 0 Å². The van der Waals surface area contributed by atoms with Gasteiger partial charge in [0.05, 0.1) is 0 Å². The molecule has 2 rings (SSSR count). The Morgan fingerprint density at radius 3 is 2.64 bits per heavy atom. The molecule has 0 spiro atoms. The lowest BCUT2D eigenvalue weighted by Gasteiger charge is -2.13. The van der Waals surface area contributed by atoms with Gasteiger partial charge < -0.3 is 19.8 Å². The van der Waals surface area contributed by atoms with E-state index in [0.29, 0.717) is 5.92 Å². The maximum atomic E-state index is 4.38. The largest absolute Gasteiger partial charge is 0.356 e. The van der Waals surface area contributed by atoms with Gasteiger partial charge in [-0.05, 0) is 18.6 Å². The first-order chi connectivity index (χ1) is 13.6. The Balaban J connectivity index is 1.74. The highest BCUT2D eigenvalue weighted by atomic mass is 32.2. The molecule has 0 unspecified atom stereocenters. The van der Waals surface area contributed by atoms with E-state index in [0.717, 1.165) is 68.2 Å². The second kappa shape index (κ2) is 11.7. The van der Waals surface area contributed by atoms with E-state index in [-0.39, 0.29) is 0 Å². The summed E-state index contributed by atoms with van der Waals surface area (Å²) in [6.07, 6.45) is 6.56. The lowest BCUT2D eigenvalue weighted by Crippen LogP contribution is -2.39. The van der Waals surface area contributed by atoms with Gasteiger partial charge in [-0.1, -0.05) is 32.5 Å². The quantitative estimate of drug-likeness (QED) is 0.253. The van der Waals surface area contributed by atoms with Crippen LogP contribution in [0.5, 0.6) is 0 Å². The van der Waals surface area contributed by atoms with E-state index < -0.39 is 0 Å². The minimum atomic E-state index is 0.570. The smallest absolute Gasteiger partial charge is 0.191 e. The van der Waals surface area contributed by atoms with Crippen LogP contribution in [0.4, 0.5) is 0 Å². The van der Waals surface area contributed by atoms with Gasteiger partial charge in [0.2, 0.25) is 0 Å². The van der Waals surface area contributed by atoms with Gasteiger partial charge in [-0.3, -0.25) is 4.99 Å². The minimum Gasteiger partial charge on any atom is -0.356 e. The Kier molecular flexibility index (Phi) is 9.26. The van der Waals surface area contributed by atoms with E-state index in [1.165, 1.54) is 0 Å². The number of thioether (sulfide) groups is 1. The van der Waals surface area contributed by atoms with Gasteiger partial charge in [0.1, 0.15) is 18.0 Å². The van der Waals surface area contributed by atoms with Crippen LogP contribution in [0, 0.1) is 5.92 Å². The van der Waals surface area contributed by atoms with Gasteiger partial charge in [0.15, 0.2) is 11.1 Å². The van der Waals surface area contributed by atoms with E-state index in [9.17, 15) is 0 Å². The van der Waals surface area contributed by atoms with Crippen molar-refractivity contribution in [2.75, 3.05) is 26.4 Å². The molecule has 2 heterocycles. The van der Waals surface area contributed by atoms with Crippen LogP contribution >= 0.6 is 11.8 Å². The molecule has 2 aromatic heterocycles. The summed E-state index contributed by atoms with van der Waals surface area (Å²) in [5.74, 6) is 3.43. The standard InChI is InChI=1S/C18H33N9S/c1-6-15-23-22-13-26(15)11-10-21-17(19-4)20-9-7-8-16-24-25-18(28-5)27(16)12-14(2)3/h13-14H,6-12H2,1-5H3,(H2,19,20,21). The molecular formula is C18H33N9S. The fourth-order valence-corrected chi connectivity index (χ4v) is 3.43. The summed E-state index contributed by atoms with van der Waals surface area (Å²) in [6, 6.07) is 0. The van der Waals surface area contributed by atoms with Crippen LogP contribution in [0.15, 0.2) is 16.5 Å². The van der Waals surface area contributed by atoms with Crippen molar-refractivity contribution in [3.8, 4) is 0 Å². The van der Waals surface area contributed by atoms with Crippen LogP contribution in [0.1, 0.15) is 38.8 Å². The SMILES string of the molecule is CCc1nncn1CCNC(=NC)NCCCc1nnc(SC)n1CC(C)C. The van der Waals surface area contributed by atoms with Crippen LogP contribution in [0.2, 0.25) is 0 Å². The summed E-state index contributed by atoms with van der Waals surface area (Å²) in [4.78, 5) is 4.29. The fraction of sp³-hybridized carbons (Fsp3) is 0.722. The van der Waals surface area contributed by atoms with Crippen molar-refractivity contribution in [1.29, 1.82) is 0 Å². The van der Waals surface area contributed by atoms with Crippen molar-refractivity contribution in [2.45, 2.75) is 58.3 Å². The Morgan fingerprint density at radius 1 is 1.18 bits per heavy atom. The highest BCUT2D eigenvalue weighted by Crippen LogP contribution is 2.16. The molecule has 0 aromatic carbocycles. The van der Waals surface area contributed by atoms with Gasteiger partial charge in [0, 0.05) is 46.1 Å². The topological polar surface area (TPSA) is 97.8 Å². The number of hydrogen-bond donors (Lipinski definition) is 2. The van der Waals surface area contributed by atoms with E-state index >= 15 is 0 Å². The molecule has 0 aliphatic heterocycles. The number of guanidine groups is 1. The van der Waals surface area contributed by atoms with Gasteiger partial charge in [0.25, 0.3) is 0 Å². The predicted molar refractivity (Wildman–Crippen MR) is 114 cm³/mol. The molecule has 0 fully saturated rings. The molecule has 156 valence electrons. The van der Waals surface area contributed by atoms with Crippen LogP contribution in [0.3, 0.4) is 0 Å². The van der Waals surface area contributed by atoms with Crippen LogP contribution in [-0.4, -0.2) is 61.9 Å². The average molecular weight is 408 g/mol. The Hall–Kier alpha value is -2.10. The zero-order valence-corrected chi connectivity index (χ0v) is 18.5. The zero-order chi connectivity index (χ0) is 20.4. The van der Waals surface area contributed by atoms with Gasteiger partial charge in [-0.25, -0.2) is 0 Å². The van der Waals surface area contributed by atoms with E-state index in [1.54, 1.807) is 25.1 Å². The predicted octanol–water partition coefficient (Wildman–Crippen LogP) is 1.61. The molecule has 2 N–H and O–H groups in total. The number of rotatable bonds is 11. The molecule has 2 aromatic rings. The lowest BCUT2D eigenvalue weighted by molar-refractivity contribution is 0.477. The first-order valence-electron chi connectivity index (χ1n) is 9.86. The summed E-state index contributed by atoms with van der Waals surface area (Å²) >= 11 is 1.65. The zero-order valence-electron chi connectivity index (χ0n) is 17.6. The second-order valence-corrected chi connectivity index (χ2v) is 7.70. The first kappa shape index (κ1) is 22.2. The molecule has 0 saturated carbocycles. The molecular weight excluding hydrogens is 374 g/mol. The van der Waals surface area contributed by atoms with Crippen molar-refractivity contribution >= 4 is 17.7 Å². The number of aromatic nitrogens is 6. The molecule has 0 bridgehead atoms. The summed E-state index contributed by atoms with van der Waals surface area (Å²) < 4.78 is 4.30. The van der Waals surface area contributed by atoms with E-state index in [4.69, 9.17) is 0 Å². The summed E-state index contributed by atoms with van der Waals surface area (Å²) in [5.41, 5.74) is 0. The third-order valence-corrected chi connectivity index (χ3v) is 4.94. The Labute approximate surface area is 171 Å². The maximum Gasteiger partial charge on any atom is 0.191 e. The van der Waals surface area contributed by atoms with Crippen LogP contribution < -0.4 is 10.6 Å². The molecule has 0 radical (unpaired) electrons. The number of aryl methyl sites for hydroxylation is 2.